The molecule has 0 unspecified atom stereocenters. The number of carbonyl (C=O) groups is 2. The van der Waals surface area contributed by atoms with Gasteiger partial charge < -0.3 is 14.8 Å². The van der Waals surface area contributed by atoms with Gasteiger partial charge in [-0.1, -0.05) is 45.7 Å². The number of benzene rings is 2. The molecule has 0 radical (unpaired) electrons. The van der Waals surface area contributed by atoms with Crippen LogP contribution in [0.4, 0.5) is 5.69 Å². The van der Waals surface area contributed by atoms with Gasteiger partial charge in [-0.05, 0) is 37.3 Å². The summed E-state index contributed by atoms with van der Waals surface area (Å²) in [4.78, 5) is 23.7. The molecule has 2 aromatic carbocycles. The number of para-hydroxylation sites is 1. The number of halogens is 2. The lowest BCUT2D eigenvalue weighted by Crippen LogP contribution is -2.31. The van der Waals surface area contributed by atoms with Gasteiger partial charge in [0.15, 0.2) is 12.7 Å². The second-order valence-electron chi connectivity index (χ2n) is 4.85. The van der Waals surface area contributed by atoms with Crippen molar-refractivity contribution >= 4 is 45.1 Å². The molecule has 126 valence electrons. The first-order valence-corrected chi connectivity index (χ1v) is 8.26. The average Bonchev–Trinajstić information content (AvgIpc) is 2.55. The van der Waals surface area contributed by atoms with Crippen LogP contribution >= 0.6 is 27.5 Å². The van der Waals surface area contributed by atoms with Gasteiger partial charge in [0.05, 0.1) is 5.02 Å². The molecule has 0 saturated carbocycles. The van der Waals surface area contributed by atoms with Crippen LogP contribution in [0.2, 0.25) is 5.02 Å². The highest BCUT2D eigenvalue weighted by Gasteiger charge is 2.18. The van der Waals surface area contributed by atoms with Crippen molar-refractivity contribution < 1.29 is 19.1 Å². The van der Waals surface area contributed by atoms with Gasteiger partial charge in [0.2, 0.25) is 0 Å². The number of rotatable bonds is 6. The van der Waals surface area contributed by atoms with Crippen LogP contribution in [0, 0.1) is 0 Å². The molecule has 1 atom stereocenters. The SMILES string of the molecule is C[C@@H](OC(=O)COc1ccc(Br)cc1Cl)C(=O)Nc1ccccc1. The van der Waals surface area contributed by atoms with E-state index in [2.05, 4.69) is 21.2 Å². The fourth-order valence-electron chi connectivity index (χ4n) is 1.78. The van der Waals surface area contributed by atoms with E-state index in [0.29, 0.717) is 16.5 Å². The summed E-state index contributed by atoms with van der Waals surface area (Å²) in [5.74, 6) is -0.723. The molecule has 0 spiro atoms. The van der Waals surface area contributed by atoms with Crippen LogP contribution in [0.5, 0.6) is 5.75 Å². The molecule has 24 heavy (non-hydrogen) atoms. The molecule has 0 heterocycles. The molecule has 0 bridgehead atoms. The minimum atomic E-state index is -0.943. The van der Waals surface area contributed by atoms with Gasteiger partial charge in [0.25, 0.3) is 5.91 Å². The van der Waals surface area contributed by atoms with E-state index in [1.54, 1.807) is 42.5 Å². The first-order valence-electron chi connectivity index (χ1n) is 7.09. The molecule has 1 N–H and O–H groups in total. The number of anilines is 1. The molecule has 2 aromatic rings. The van der Waals surface area contributed by atoms with Crippen LogP contribution < -0.4 is 10.1 Å². The van der Waals surface area contributed by atoms with E-state index in [1.807, 2.05) is 6.07 Å². The third-order valence-corrected chi connectivity index (χ3v) is 3.75. The Labute approximate surface area is 153 Å². The van der Waals surface area contributed by atoms with Gasteiger partial charge in [-0.15, -0.1) is 0 Å². The van der Waals surface area contributed by atoms with Gasteiger partial charge in [-0.2, -0.15) is 0 Å². The van der Waals surface area contributed by atoms with Crippen molar-refractivity contribution in [3.8, 4) is 5.75 Å². The monoisotopic (exact) mass is 411 g/mol. The third-order valence-electron chi connectivity index (χ3n) is 2.96. The molecular weight excluding hydrogens is 398 g/mol. The Kier molecular flexibility index (Phi) is 6.63. The quantitative estimate of drug-likeness (QED) is 0.727. The molecule has 5 nitrogen and oxygen atoms in total. The summed E-state index contributed by atoms with van der Waals surface area (Å²) < 4.78 is 11.1. The summed E-state index contributed by atoms with van der Waals surface area (Å²) in [5.41, 5.74) is 0.628. The second kappa shape index (κ2) is 8.70. The smallest absolute Gasteiger partial charge is 0.344 e. The third kappa shape index (κ3) is 5.54. The Morgan fingerprint density at radius 2 is 1.92 bits per heavy atom. The van der Waals surface area contributed by atoms with E-state index in [1.165, 1.54) is 6.92 Å². The average molecular weight is 413 g/mol. The lowest BCUT2D eigenvalue weighted by molar-refractivity contribution is -0.155. The van der Waals surface area contributed by atoms with Gasteiger partial charge >= 0.3 is 5.97 Å². The number of carbonyl (C=O) groups excluding carboxylic acids is 2. The van der Waals surface area contributed by atoms with E-state index < -0.39 is 18.0 Å². The Bertz CT molecular complexity index is 724. The van der Waals surface area contributed by atoms with Crippen LogP contribution in [0.15, 0.2) is 53.0 Å². The summed E-state index contributed by atoms with van der Waals surface area (Å²) in [6.45, 7) is 1.15. The van der Waals surface area contributed by atoms with Gasteiger partial charge in [0.1, 0.15) is 5.75 Å². The van der Waals surface area contributed by atoms with Crippen molar-refractivity contribution in [2.45, 2.75) is 13.0 Å². The molecule has 0 fully saturated rings. The Hall–Kier alpha value is -2.05. The van der Waals surface area contributed by atoms with Crippen molar-refractivity contribution in [1.82, 2.24) is 0 Å². The zero-order chi connectivity index (χ0) is 17.5. The zero-order valence-electron chi connectivity index (χ0n) is 12.8. The van der Waals surface area contributed by atoms with Gasteiger partial charge in [-0.25, -0.2) is 4.79 Å². The highest BCUT2D eigenvalue weighted by atomic mass is 79.9. The Morgan fingerprint density at radius 3 is 2.58 bits per heavy atom. The van der Waals surface area contributed by atoms with E-state index in [-0.39, 0.29) is 6.61 Å². The highest BCUT2D eigenvalue weighted by molar-refractivity contribution is 9.10. The predicted octanol–water partition coefficient (Wildman–Crippen LogP) is 4.05. The predicted molar refractivity (Wildman–Crippen MR) is 95.3 cm³/mol. The normalized spacial score (nSPS) is 11.5. The molecule has 7 heteroatoms. The summed E-state index contributed by atoms with van der Waals surface area (Å²) >= 11 is 9.26. The fraction of sp³-hybridized carbons (Fsp3) is 0.176. The minimum absolute atomic E-state index is 0.343. The van der Waals surface area contributed by atoms with Crippen LogP contribution in [-0.2, 0) is 14.3 Å². The van der Waals surface area contributed by atoms with Crippen LogP contribution in [0.1, 0.15) is 6.92 Å². The van der Waals surface area contributed by atoms with Crippen molar-refractivity contribution in [2.75, 3.05) is 11.9 Å². The first-order chi connectivity index (χ1) is 11.5. The summed E-state index contributed by atoms with van der Waals surface area (Å²) in [5, 5.41) is 3.02. The zero-order valence-corrected chi connectivity index (χ0v) is 15.1. The van der Waals surface area contributed by atoms with E-state index in [0.717, 1.165) is 4.47 Å². The van der Waals surface area contributed by atoms with E-state index in [9.17, 15) is 9.59 Å². The van der Waals surface area contributed by atoms with Gasteiger partial charge in [0, 0.05) is 10.2 Å². The van der Waals surface area contributed by atoms with Crippen LogP contribution in [0.3, 0.4) is 0 Å². The maximum atomic E-state index is 12.0. The van der Waals surface area contributed by atoms with Crippen LogP contribution in [0.25, 0.3) is 0 Å². The molecule has 2 rings (SSSR count). The number of hydrogen-bond acceptors (Lipinski definition) is 4. The lowest BCUT2D eigenvalue weighted by Gasteiger charge is -2.14. The Balaban J connectivity index is 1.81. The van der Waals surface area contributed by atoms with E-state index >= 15 is 0 Å². The van der Waals surface area contributed by atoms with Gasteiger partial charge in [-0.3, -0.25) is 4.79 Å². The van der Waals surface area contributed by atoms with Crippen molar-refractivity contribution in [3.05, 3.63) is 58.0 Å². The summed E-state index contributed by atoms with van der Waals surface area (Å²) in [6, 6.07) is 13.9. The van der Waals surface area contributed by atoms with Crippen LogP contribution in [-0.4, -0.2) is 24.6 Å². The molecule has 0 aliphatic rings. The fourth-order valence-corrected chi connectivity index (χ4v) is 2.51. The number of amides is 1. The van der Waals surface area contributed by atoms with E-state index in [4.69, 9.17) is 21.1 Å². The molecule has 0 saturated heterocycles. The molecule has 1 amide bonds. The number of esters is 1. The van der Waals surface area contributed by atoms with Crippen molar-refractivity contribution in [3.63, 3.8) is 0 Å². The Morgan fingerprint density at radius 1 is 1.21 bits per heavy atom. The lowest BCUT2D eigenvalue weighted by atomic mass is 10.3. The highest BCUT2D eigenvalue weighted by Crippen LogP contribution is 2.27. The topological polar surface area (TPSA) is 64.6 Å². The maximum absolute atomic E-state index is 12.0. The number of nitrogens with one attached hydrogen (secondary N) is 1. The number of ether oxygens (including phenoxy) is 2. The number of hydrogen-bond donors (Lipinski definition) is 1. The molecule has 0 aliphatic carbocycles. The summed E-state index contributed by atoms with van der Waals surface area (Å²) in [6.07, 6.45) is -0.943. The second-order valence-corrected chi connectivity index (χ2v) is 6.17. The van der Waals surface area contributed by atoms with Crippen molar-refractivity contribution in [1.29, 1.82) is 0 Å². The summed E-state index contributed by atoms with van der Waals surface area (Å²) in [7, 11) is 0. The largest absolute Gasteiger partial charge is 0.480 e. The molecular formula is C17H15BrClNO4. The molecule has 0 aromatic heterocycles. The minimum Gasteiger partial charge on any atom is -0.480 e. The standard InChI is InChI=1S/C17H15BrClNO4/c1-11(17(22)20-13-5-3-2-4-6-13)24-16(21)10-23-15-8-7-12(18)9-14(15)19/h2-9,11H,10H2,1H3,(H,20,22)/t11-/m1/s1. The molecule has 0 aliphatic heterocycles. The van der Waals surface area contributed by atoms with Crippen molar-refractivity contribution in [2.24, 2.45) is 0 Å². The first kappa shape index (κ1) is 18.3. The maximum Gasteiger partial charge on any atom is 0.344 e.